The van der Waals surface area contributed by atoms with Crippen molar-refractivity contribution in [2.75, 3.05) is 0 Å². The number of hydrogen-bond donors (Lipinski definition) is 2. The number of nitrogens with one attached hydrogen (secondary N) is 1. The van der Waals surface area contributed by atoms with Crippen molar-refractivity contribution in [2.45, 2.75) is 23.1 Å². The first kappa shape index (κ1) is 13.1. The van der Waals surface area contributed by atoms with Crippen molar-refractivity contribution < 1.29 is 9.50 Å². The lowest BCUT2D eigenvalue weighted by atomic mass is 10.1. The molecule has 0 aliphatic heterocycles. The molecule has 1 heterocycles. The van der Waals surface area contributed by atoms with E-state index in [2.05, 4.69) is 9.97 Å². The minimum Gasteiger partial charge on any atom is -0.389 e. The van der Waals surface area contributed by atoms with Crippen LogP contribution in [0.4, 0.5) is 4.39 Å². The Labute approximate surface area is 119 Å². The van der Waals surface area contributed by atoms with Crippen LogP contribution >= 0.6 is 11.8 Å². The molecule has 3 nitrogen and oxygen atoms in total. The summed E-state index contributed by atoms with van der Waals surface area (Å²) < 4.78 is 14.0. The van der Waals surface area contributed by atoms with Crippen LogP contribution in [0.2, 0.25) is 0 Å². The molecule has 5 heteroatoms. The molecule has 1 atom stereocenters. The van der Waals surface area contributed by atoms with Gasteiger partial charge in [-0.15, -0.1) is 0 Å². The van der Waals surface area contributed by atoms with Gasteiger partial charge in [-0.05, 0) is 42.4 Å². The molecule has 0 radical (unpaired) electrons. The number of para-hydroxylation sites is 2. The molecule has 0 aliphatic rings. The fourth-order valence-corrected chi connectivity index (χ4v) is 3.06. The van der Waals surface area contributed by atoms with Gasteiger partial charge < -0.3 is 10.1 Å². The van der Waals surface area contributed by atoms with Crippen LogP contribution in [-0.4, -0.2) is 15.1 Å². The number of nitrogens with zero attached hydrogens (tertiary/aromatic N) is 1. The molecule has 2 aromatic carbocycles. The molecule has 0 aliphatic carbocycles. The summed E-state index contributed by atoms with van der Waals surface area (Å²) in [7, 11) is 0. The van der Waals surface area contributed by atoms with E-state index in [-0.39, 0.29) is 5.82 Å². The van der Waals surface area contributed by atoms with E-state index in [9.17, 15) is 9.50 Å². The molecule has 3 aromatic rings. The number of fused-ring (bicyclic) bond motifs is 1. The summed E-state index contributed by atoms with van der Waals surface area (Å²) in [5, 5.41) is 10.3. The smallest absolute Gasteiger partial charge is 0.171 e. The second kappa shape index (κ2) is 5.26. The SMILES string of the molecule is CC(O)c1cccc(F)c1Sc1nc2ccccc2[nH]1. The molecule has 0 saturated carbocycles. The van der Waals surface area contributed by atoms with Gasteiger partial charge in [-0.1, -0.05) is 24.3 Å². The molecular weight excluding hydrogens is 275 g/mol. The van der Waals surface area contributed by atoms with Gasteiger partial charge in [0, 0.05) is 0 Å². The zero-order valence-electron chi connectivity index (χ0n) is 10.8. The van der Waals surface area contributed by atoms with Gasteiger partial charge in [0.15, 0.2) is 5.16 Å². The predicted octanol–water partition coefficient (Wildman–Crippen LogP) is 3.91. The normalized spacial score (nSPS) is 12.8. The summed E-state index contributed by atoms with van der Waals surface area (Å²) in [6.07, 6.45) is -0.724. The highest BCUT2D eigenvalue weighted by Gasteiger charge is 2.15. The minimum atomic E-state index is -0.724. The Kier molecular flexibility index (Phi) is 3.46. The highest BCUT2D eigenvalue weighted by Crippen LogP contribution is 2.34. The number of rotatable bonds is 3. The molecule has 1 aromatic heterocycles. The Bertz CT molecular complexity index is 721. The predicted molar refractivity (Wildman–Crippen MR) is 77.3 cm³/mol. The second-order valence-corrected chi connectivity index (χ2v) is 5.49. The first-order chi connectivity index (χ1) is 9.65. The molecule has 0 bridgehead atoms. The molecule has 20 heavy (non-hydrogen) atoms. The minimum absolute atomic E-state index is 0.353. The molecular formula is C15H13FN2OS. The zero-order chi connectivity index (χ0) is 14.1. The number of hydrogen-bond acceptors (Lipinski definition) is 3. The molecule has 1 unspecified atom stereocenters. The second-order valence-electron chi connectivity index (χ2n) is 4.50. The summed E-state index contributed by atoms with van der Waals surface area (Å²) in [6.45, 7) is 1.62. The number of imidazole rings is 1. The lowest BCUT2D eigenvalue weighted by molar-refractivity contribution is 0.195. The van der Waals surface area contributed by atoms with Crippen LogP contribution in [0.25, 0.3) is 11.0 Å². The standard InChI is InChI=1S/C15H13FN2OS/c1-9(19)10-5-4-6-11(16)14(10)20-15-17-12-7-2-3-8-13(12)18-15/h2-9,19H,1H3,(H,17,18). The Balaban J connectivity index is 2.02. The van der Waals surface area contributed by atoms with Crippen LogP contribution in [0.1, 0.15) is 18.6 Å². The lowest BCUT2D eigenvalue weighted by Crippen LogP contribution is -1.96. The van der Waals surface area contributed by atoms with Crippen LogP contribution in [0.3, 0.4) is 0 Å². The van der Waals surface area contributed by atoms with Gasteiger partial charge in [0.1, 0.15) is 5.82 Å². The van der Waals surface area contributed by atoms with Gasteiger partial charge in [-0.3, -0.25) is 0 Å². The van der Waals surface area contributed by atoms with E-state index < -0.39 is 6.10 Å². The number of H-pyrrole nitrogens is 1. The molecule has 2 N–H and O–H groups in total. The Morgan fingerprint density at radius 1 is 1.20 bits per heavy atom. The fourth-order valence-electron chi connectivity index (χ4n) is 2.04. The maximum atomic E-state index is 14.0. The Morgan fingerprint density at radius 3 is 2.75 bits per heavy atom. The van der Waals surface area contributed by atoms with E-state index in [0.717, 1.165) is 11.0 Å². The van der Waals surface area contributed by atoms with Gasteiger partial charge in [-0.25, -0.2) is 9.37 Å². The summed E-state index contributed by atoms with van der Waals surface area (Å²) in [4.78, 5) is 7.95. The van der Waals surface area contributed by atoms with E-state index >= 15 is 0 Å². The molecule has 3 rings (SSSR count). The molecule has 0 spiro atoms. The van der Waals surface area contributed by atoms with Crippen molar-refractivity contribution >= 4 is 22.8 Å². The topological polar surface area (TPSA) is 48.9 Å². The molecule has 0 amide bonds. The van der Waals surface area contributed by atoms with Gasteiger partial charge in [0.05, 0.1) is 22.0 Å². The molecule has 0 saturated heterocycles. The Morgan fingerprint density at radius 2 is 2.00 bits per heavy atom. The van der Waals surface area contributed by atoms with Gasteiger partial charge in [-0.2, -0.15) is 0 Å². The van der Waals surface area contributed by atoms with Crippen molar-refractivity contribution in [2.24, 2.45) is 0 Å². The van der Waals surface area contributed by atoms with Crippen LogP contribution in [-0.2, 0) is 0 Å². The number of aromatic nitrogens is 2. The first-order valence-electron chi connectivity index (χ1n) is 6.24. The number of benzene rings is 2. The van der Waals surface area contributed by atoms with E-state index in [1.54, 1.807) is 19.1 Å². The zero-order valence-corrected chi connectivity index (χ0v) is 11.6. The summed E-state index contributed by atoms with van der Waals surface area (Å²) in [6, 6.07) is 12.3. The maximum absolute atomic E-state index is 14.0. The van der Waals surface area contributed by atoms with Crippen LogP contribution < -0.4 is 0 Å². The average Bonchev–Trinajstić information content (AvgIpc) is 2.83. The van der Waals surface area contributed by atoms with Crippen molar-refractivity contribution in [1.29, 1.82) is 0 Å². The number of aromatic amines is 1. The third-order valence-electron chi connectivity index (χ3n) is 3.01. The van der Waals surface area contributed by atoms with E-state index in [1.807, 2.05) is 24.3 Å². The van der Waals surface area contributed by atoms with E-state index in [4.69, 9.17) is 0 Å². The van der Waals surface area contributed by atoms with Crippen LogP contribution in [0, 0.1) is 5.82 Å². The maximum Gasteiger partial charge on any atom is 0.171 e. The van der Waals surface area contributed by atoms with Crippen LogP contribution in [0.5, 0.6) is 0 Å². The van der Waals surface area contributed by atoms with Gasteiger partial charge in [0.2, 0.25) is 0 Å². The highest BCUT2D eigenvalue weighted by atomic mass is 32.2. The summed E-state index contributed by atoms with van der Waals surface area (Å²) in [5.41, 5.74) is 2.31. The Hall–Kier alpha value is -1.85. The number of aliphatic hydroxyl groups is 1. The average molecular weight is 288 g/mol. The van der Waals surface area contributed by atoms with Crippen molar-refractivity contribution in [3.63, 3.8) is 0 Å². The van der Waals surface area contributed by atoms with Crippen LogP contribution in [0.15, 0.2) is 52.5 Å². The quantitative estimate of drug-likeness (QED) is 0.768. The van der Waals surface area contributed by atoms with Crippen molar-refractivity contribution in [3.05, 3.63) is 53.8 Å². The largest absolute Gasteiger partial charge is 0.389 e. The number of halogens is 1. The monoisotopic (exact) mass is 288 g/mol. The fraction of sp³-hybridized carbons (Fsp3) is 0.133. The third-order valence-corrected chi connectivity index (χ3v) is 4.04. The van der Waals surface area contributed by atoms with Crippen molar-refractivity contribution in [1.82, 2.24) is 9.97 Å². The highest BCUT2D eigenvalue weighted by molar-refractivity contribution is 7.99. The lowest BCUT2D eigenvalue weighted by Gasteiger charge is -2.10. The van der Waals surface area contributed by atoms with E-state index in [1.165, 1.54) is 17.8 Å². The summed E-state index contributed by atoms with van der Waals surface area (Å²) in [5.74, 6) is -0.353. The van der Waals surface area contributed by atoms with Gasteiger partial charge in [0.25, 0.3) is 0 Å². The summed E-state index contributed by atoms with van der Waals surface area (Å²) >= 11 is 1.19. The first-order valence-corrected chi connectivity index (χ1v) is 7.06. The van der Waals surface area contributed by atoms with Crippen molar-refractivity contribution in [3.8, 4) is 0 Å². The number of aliphatic hydroxyl groups excluding tert-OH is 1. The van der Waals surface area contributed by atoms with Gasteiger partial charge >= 0.3 is 0 Å². The molecule has 0 fully saturated rings. The molecule has 102 valence electrons. The third kappa shape index (κ3) is 2.42. The van der Waals surface area contributed by atoms with E-state index in [0.29, 0.717) is 15.6 Å².